The summed E-state index contributed by atoms with van der Waals surface area (Å²) in [6.07, 6.45) is -0.733. The molecule has 0 saturated carbocycles. The van der Waals surface area contributed by atoms with E-state index in [0.29, 0.717) is 0 Å². The predicted octanol–water partition coefficient (Wildman–Crippen LogP) is 1.31. The SMILES string of the molecule is Cc1cc(N2CC(O)CC2=O)c([N+](=O)[O-])cc1C. The van der Waals surface area contributed by atoms with Crippen molar-refractivity contribution in [3.05, 3.63) is 33.4 Å². The van der Waals surface area contributed by atoms with Crippen LogP contribution in [0.1, 0.15) is 17.5 Å². The van der Waals surface area contributed by atoms with Crippen LogP contribution in [0.3, 0.4) is 0 Å². The molecular weight excluding hydrogens is 236 g/mol. The number of carbonyl (C=O) groups excluding carboxylic acids is 1. The number of aliphatic hydroxyl groups excluding tert-OH is 1. The first-order valence-electron chi connectivity index (χ1n) is 5.64. The lowest BCUT2D eigenvalue weighted by molar-refractivity contribution is -0.384. The Bertz CT molecular complexity index is 527. The molecule has 2 rings (SSSR count). The molecule has 1 aromatic carbocycles. The Labute approximate surface area is 104 Å². The van der Waals surface area contributed by atoms with E-state index in [2.05, 4.69) is 0 Å². The molecule has 0 radical (unpaired) electrons. The van der Waals surface area contributed by atoms with E-state index in [1.807, 2.05) is 6.92 Å². The van der Waals surface area contributed by atoms with Gasteiger partial charge in [0.2, 0.25) is 5.91 Å². The van der Waals surface area contributed by atoms with Crippen LogP contribution in [0.5, 0.6) is 0 Å². The zero-order valence-corrected chi connectivity index (χ0v) is 10.2. The van der Waals surface area contributed by atoms with E-state index in [0.717, 1.165) is 11.1 Å². The average Bonchev–Trinajstić information content (AvgIpc) is 2.61. The molecule has 0 bridgehead atoms. The van der Waals surface area contributed by atoms with Gasteiger partial charge in [-0.05, 0) is 31.0 Å². The fraction of sp³-hybridized carbons (Fsp3) is 0.417. The Hall–Kier alpha value is -1.95. The van der Waals surface area contributed by atoms with Crippen molar-refractivity contribution in [3.63, 3.8) is 0 Å². The third-order valence-corrected chi connectivity index (χ3v) is 3.18. The van der Waals surface area contributed by atoms with Gasteiger partial charge in [0.05, 0.1) is 24.0 Å². The minimum atomic E-state index is -0.751. The number of nitro benzene ring substituents is 1. The third-order valence-electron chi connectivity index (χ3n) is 3.18. The number of aryl methyl sites for hydroxylation is 2. The molecule has 1 aliphatic heterocycles. The first-order valence-corrected chi connectivity index (χ1v) is 5.64. The molecule has 1 N–H and O–H groups in total. The van der Waals surface area contributed by atoms with Crippen molar-refractivity contribution >= 4 is 17.3 Å². The molecular formula is C12H14N2O4. The largest absolute Gasteiger partial charge is 0.391 e. The summed E-state index contributed by atoms with van der Waals surface area (Å²) in [6.45, 7) is 3.73. The second kappa shape index (κ2) is 4.38. The normalized spacial score (nSPS) is 19.4. The summed E-state index contributed by atoms with van der Waals surface area (Å²) in [6, 6.07) is 3.09. The highest BCUT2D eigenvalue weighted by Gasteiger charge is 2.33. The molecule has 1 unspecified atom stereocenters. The summed E-state index contributed by atoms with van der Waals surface area (Å²) >= 11 is 0. The number of aliphatic hydroxyl groups is 1. The number of hydrogen-bond acceptors (Lipinski definition) is 4. The second-order valence-electron chi connectivity index (χ2n) is 4.54. The zero-order chi connectivity index (χ0) is 13.4. The van der Waals surface area contributed by atoms with E-state index >= 15 is 0 Å². The Morgan fingerprint density at radius 2 is 2.00 bits per heavy atom. The standard InChI is InChI=1S/C12H14N2O4/c1-7-3-10(11(14(17)18)4-8(7)2)13-6-9(15)5-12(13)16/h3-4,9,15H,5-6H2,1-2H3. The highest BCUT2D eigenvalue weighted by molar-refractivity contribution is 5.98. The Morgan fingerprint density at radius 1 is 1.39 bits per heavy atom. The van der Waals surface area contributed by atoms with Crippen molar-refractivity contribution in [3.8, 4) is 0 Å². The van der Waals surface area contributed by atoms with Crippen LogP contribution in [0.15, 0.2) is 12.1 Å². The van der Waals surface area contributed by atoms with Crippen LogP contribution in [0.2, 0.25) is 0 Å². The monoisotopic (exact) mass is 250 g/mol. The fourth-order valence-electron chi connectivity index (χ4n) is 2.07. The van der Waals surface area contributed by atoms with Crippen LogP contribution in [0.25, 0.3) is 0 Å². The van der Waals surface area contributed by atoms with Crippen molar-refractivity contribution < 1.29 is 14.8 Å². The molecule has 6 heteroatoms. The first-order chi connectivity index (χ1) is 8.40. The molecule has 1 fully saturated rings. The Kier molecular flexibility index (Phi) is 3.04. The number of nitro groups is 1. The van der Waals surface area contributed by atoms with Crippen molar-refractivity contribution in [1.29, 1.82) is 0 Å². The molecule has 96 valence electrons. The van der Waals surface area contributed by atoms with Crippen LogP contribution in [-0.2, 0) is 4.79 Å². The van der Waals surface area contributed by atoms with Crippen molar-refractivity contribution in [2.75, 3.05) is 11.4 Å². The lowest BCUT2D eigenvalue weighted by Crippen LogP contribution is -2.26. The smallest absolute Gasteiger partial charge is 0.293 e. The van der Waals surface area contributed by atoms with Gasteiger partial charge < -0.3 is 10.0 Å². The van der Waals surface area contributed by atoms with Gasteiger partial charge in [-0.25, -0.2) is 0 Å². The number of nitrogens with zero attached hydrogens (tertiary/aromatic N) is 2. The maximum Gasteiger partial charge on any atom is 0.293 e. The highest BCUT2D eigenvalue weighted by Crippen LogP contribution is 2.33. The van der Waals surface area contributed by atoms with Crippen LogP contribution in [-0.4, -0.2) is 28.6 Å². The molecule has 1 saturated heterocycles. The van der Waals surface area contributed by atoms with E-state index < -0.39 is 11.0 Å². The minimum Gasteiger partial charge on any atom is -0.391 e. The molecule has 1 heterocycles. The molecule has 1 aromatic rings. The van der Waals surface area contributed by atoms with Crippen LogP contribution >= 0.6 is 0 Å². The van der Waals surface area contributed by atoms with Gasteiger partial charge in [0.25, 0.3) is 5.69 Å². The van der Waals surface area contributed by atoms with Gasteiger partial charge in [-0.1, -0.05) is 0 Å². The molecule has 1 amide bonds. The summed E-state index contributed by atoms with van der Waals surface area (Å²) in [5.41, 5.74) is 1.85. The van der Waals surface area contributed by atoms with Gasteiger partial charge in [-0.2, -0.15) is 0 Å². The number of β-amino-alcohol motifs (C(OH)–C–C–N with tert-alkyl or cyclic N) is 1. The molecule has 1 aliphatic rings. The van der Waals surface area contributed by atoms with E-state index in [1.54, 1.807) is 13.0 Å². The highest BCUT2D eigenvalue weighted by atomic mass is 16.6. The summed E-state index contributed by atoms with van der Waals surface area (Å²) < 4.78 is 0. The quantitative estimate of drug-likeness (QED) is 0.633. The molecule has 1 atom stereocenters. The molecule has 0 spiro atoms. The van der Waals surface area contributed by atoms with Gasteiger partial charge in [0.1, 0.15) is 5.69 Å². The van der Waals surface area contributed by atoms with Gasteiger partial charge >= 0.3 is 0 Å². The molecule has 6 nitrogen and oxygen atoms in total. The van der Waals surface area contributed by atoms with E-state index in [9.17, 15) is 20.0 Å². The van der Waals surface area contributed by atoms with Gasteiger partial charge in [0, 0.05) is 6.07 Å². The number of benzene rings is 1. The first kappa shape index (κ1) is 12.5. The van der Waals surface area contributed by atoms with Crippen LogP contribution in [0, 0.1) is 24.0 Å². The third kappa shape index (κ3) is 2.06. The Morgan fingerprint density at radius 3 is 2.50 bits per heavy atom. The van der Waals surface area contributed by atoms with Crippen LogP contribution in [0.4, 0.5) is 11.4 Å². The molecule has 0 aromatic heterocycles. The minimum absolute atomic E-state index is 0.0179. The predicted molar refractivity (Wildman–Crippen MR) is 65.5 cm³/mol. The summed E-state index contributed by atoms with van der Waals surface area (Å²) in [5.74, 6) is -0.283. The summed E-state index contributed by atoms with van der Waals surface area (Å²) in [4.78, 5) is 23.5. The molecule has 18 heavy (non-hydrogen) atoms. The maximum absolute atomic E-state index is 11.7. The van der Waals surface area contributed by atoms with Gasteiger partial charge in [-0.3, -0.25) is 14.9 Å². The zero-order valence-electron chi connectivity index (χ0n) is 10.2. The van der Waals surface area contributed by atoms with Crippen LogP contribution < -0.4 is 4.90 Å². The molecule has 0 aliphatic carbocycles. The Balaban J connectivity index is 2.52. The number of rotatable bonds is 2. The summed E-state index contributed by atoms with van der Waals surface area (Å²) in [5, 5.41) is 20.5. The number of hydrogen-bond donors (Lipinski definition) is 1. The number of amides is 1. The van der Waals surface area contributed by atoms with Crippen molar-refractivity contribution in [1.82, 2.24) is 0 Å². The van der Waals surface area contributed by atoms with E-state index in [4.69, 9.17) is 0 Å². The number of carbonyl (C=O) groups is 1. The lowest BCUT2D eigenvalue weighted by atomic mass is 10.1. The van der Waals surface area contributed by atoms with Crippen molar-refractivity contribution in [2.45, 2.75) is 26.4 Å². The lowest BCUT2D eigenvalue weighted by Gasteiger charge is -2.17. The summed E-state index contributed by atoms with van der Waals surface area (Å²) in [7, 11) is 0. The van der Waals surface area contributed by atoms with Gasteiger partial charge in [-0.15, -0.1) is 0 Å². The maximum atomic E-state index is 11.7. The van der Waals surface area contributed by atoms with E-state index in [1.165, 1.54) is 11.0 Å². The second-order valence-corrected chi connectivity index (χ2v) is 4.54. The van der Waals surface area contributed by atoms with Crippen molar-refractivity contribution in [2.24, 2.45) is 0 Å². The fourth-order valence-corrected chi connectivity index (χ4v) is 2.07. The number of anilines is 1. The average molecular weight is 250 g/mol. The van der Waals surface area contributed by atoms with E-state index in [-0.39, 0.29) is 30.2 Å². The van der Waals surface area contributed by atoms with Gasteiger partial charge in [0.15, 0.2) is 0 Å². The topological polar surface area (TPSA) is 83.7 Å².